The van der Waals surface area contributed by atoms with Crippen LogP contribution >= 0.6 is 7.82 Å². The van der Waals surface area contributed by atoms with Crippen molar-refractivity contribution in [3.05, 3.63) is 60.8 Å². The summed E-state index contributed by atoms with van der Waals surface area (Å²) in [7, 11) is 1.48. The van der Waals surface area contributed by atoms with Crippen LogP contribution in [0.15, 0.2) is 60.8 Å². The number of unbranched alkanes of at least 4 members (excludes halogenated alkanes) is 30. The summed E-state index contributed by atoms with van der Waals surface area (Å²) in [6.45, 7) is 6.96. The molecule has 0 radical (unpaired) electrons. The molecule has 2 N–H and O–H groups in total. The molecule has 0 aliphatic rings. The molecule has 0 saturated carbocycles. The van der Waals surface area contributed by atoms with Crippen LogP contribution in [0.4, 0.5) is 0 Å². The number of nitrogens with one attached hydrogen (secondary N) is 1. The molecule has 0 spiro atoms. The van der Waals surface area contributed by atoms with Crippen LogP contribution in [0.1, 0.15) is 271 Å². The quantitative estimate of drug-likeness (QED) is 0.0205. The van der Waals surface area contributed by atoms with Crippen LogP contribution in [0.3, 0.4) is 0 Å². The normalized spacial score (nSPS) is 14.2. The Morgan fingerprint density at radius 3 is 1.32 bits per heavy atom. The monoisotopic (exact) mass is 1030 g/mol. The highest BCUT2D eigenvalue weighted by atomic mass is 31.2. The molecule has 3 unspecified atom stereocenters. The van der Waals surface area contributed by atoms with Gasteiger partial charge in [-0.05, 0) is 96.0 Å². The standard InChI is InChI=1S/C62H115N2O7P/c1-7-10-13-16-19-22-25-27-29-30-31-32-33-34-35-36-39-42-45-48-51-54-61(65)63-59(58-70-72(67,68)69-57-56-64(4,5)6)60(53-50-47-44-41-38-24-21-18-15-12-9-3)71-62(66)55-52-49-46-43-40-37-28-26-23-20-17-14-11-8-2/h19,22,27,29,31-32,37,40,50,53,59-60H,7-18,20-21,23-26,28,30,33-36,38-39,41-49,51-52,54-58H2,1-6H3,(H-,63,65,67,68)/p+1/b22-19-,29-27-,32-31-,40-37-,53-50-. The first kappa shape index (κ1) is 69.7. The lowest BCUT2D eigenvalue weighted by molar-refractivity contribution is -0.870. The van der Waals surface area contributed by atoms with Crippen molar-refractivity contribution in [2.75, 3.05) is 40.9 Å². The lowest BCUT2D eigenvalue weighted by Gasteiger charge is -2.27. The average Bonchev–Trinajstić information content (AvgIpc) is 3.34. The molecule has 0 aromatic carbocycles. The minimum Gasteiger partial charge on any atom is -0.456 e. The summed E-state index contributed by atoms with van der Waals surface area (Å²) in [5.41, 5.74) is 0. The fraction of sp³-hybridized carbons (Fsp3) is 0.806. The van der Waals surface area contributed by atoms with E-state index in [1.54, 1.807) is 0 Å². The number of ether oxygens (including phenoxy) is 1. The number of phosphoric ester groups is 1. The maximum Gasteiger partial charge on any atom is 0.472 e. The fourth-order valence-electron chi connectivity index (χ4n) is 8.47. The average molecular weight is 1030 g/mol. The van der Waals surface area contributed by atoms with Crippen molar-refractivity contribution in [3.8, 4) is 0 Å². The number of allylic oxidation sites excluding steroid dienone is 9. The molecular formula is C62H116N2O7P+. The first-order valence-corrected chi connectivity index (χ1v) is 31.6. The predicted octanol–water partition coefficient (Wildman–Crippen LogP) is 18.3. The molecular weight excluding hydrogens is 916 g/mol. The van der Waals surface area contributed by atoms with E-state index >= 15 is 0 Å². The van der Waals surface area contributed by atoms with Gasteiger partial charge in [0.1, 0.15) is 19.3 Å². The summed E-state index contributed by atoms with van der Waals surface area (Å²) in [4.78, 5) is 37.6. The second-order valence-corrected chi connectivity index (χ2v) is 23.0. The number of likely N-dealkylation sites (N-methyl/N-ethyl adjacent to an activating group) is 1. The number of carbonyl (C=O) groups excluding carboxylic acids is 2. The molecule has 0 bridgehead atoms. The molecule has 3 atom stereocenters. The fourth-order valence-corrected chi connectivity index (χ4v) is 9.21. The molecule has 0 rings (SSSR count). The Kier molecular flexibility index (Phi) is 50.5. The number of phosphoric acid groups is 1. The number of hydrogen-bond acceptors (Lipinski definition) is 6. The van der Waals surface area contributed by atoms with Crippen molar-refractivity contribution in [3.63, 3.8) is 0 Å². The predicted molar refractivity (Wildman–Crippen MR) is 309 cm³/mol. The largest absolute Gasteiger partial charge is 0.472 e. The second kappa shape index (κ2) is 52.2. The smallest absolute Gasteiger partial charge is 0.456 e. The van der Waals surface area contributed by atoms with Gasteiger partial charge in [0.25, 0.3) is 0 Å². The number of carbonyl (C=O) groups is 2. The van der Waals surface area contributed by atoms with Gasteiger partial charge in [0.15, 0.2) is 0 Å². The summed E-state index contributed by atoms with van der Waals surface area (Å²) >= 11 is 0. The zero-order valence-corrected chi connectivity index (χ0v) is 48.8. The second-order valence-electron chi connectivity index (χ2n) is 21.5. The number of esters is 1. The number of amides is 1. The van der Waals surface area contributed by atoms with E-state index in [1.807, 2.05) is 33.3 Å². The van der Waals surface area contributed by atoms with Gasteiger partial charge in [-0.25, -0.2) is 4.57 Å². The molecule has 0 aromatic heterocycles. The minimum atomic E-state index is -4.45. The van der Waals surface area contributed by atoms with Gasteiger partial charge in [-0.2, -0.15) is 0 Å². The minimum absolute atomic E-state index is 0.0353. The van der Waals surface area contributed by atoms with E-state index in [-0.39, 0.29) is 31.5 Å². The maximum absolute atomic E-state index is 13.5. The van der Waals surface area contributed by atoms with E-state index in [0.29, 0.717) is 23.9 Å². The molecule has 420 valence electrons. The first-order valence-electron chi connectivity index (χ1n) is 30.1. The van der Waals surface area contributed by atoms with Gasteiger partial charge < -0.3 is 19.4 Å². The SMILES string of the molecule is CCCCC/C=C\C/C=C\C/C=C\CCCCCCCCCCC(=O)NC(COP(=O)(O)OCC[N+](C)(C)C)C(/C=C\CCCCCCCCCCC)OC(=O)CCCCC/C=C\CCCCCCCCC. The van der Waals surface area contributed by atoms with Crippen molar-refractivity contribution in [1.82, 2.24) is 5.32 Å². The molecule has 10 heteroatoms. The molecule has 0 heterocycles. The Morgan fingerprint density at radius 2 is 0.847 bits per heavy atom. The van der Waals surface area contributed by atoms with Crippen LogP contribution in [0, 0.1) is 0 Å². The van der Waals surface area contributed by atoms with E-state index in [9.17, 15) is 19.0 Å². The van der Waals surface area contributed by atoms with Gasteiger partial charge in [0, 0.05) is 12.8 Å². The Balaban J connectivity index is 5.25. The molecule has 0 aliphatic heterocycles. The van der Waals surface area contributed by atoms with Crippen LogP contribution in [0.25, 0.3) is 0 Å². The Bertz CT molecular complexity index is 1420. The highest BCUT2D eigenvalue weighted by molar-refractivity contribution is 7.47. The summed E-state index contributed by atoms with van der Waals surface area (Å²) in [5, 5.41) is 3.04. The lowest BCUT2D eigenvalue weighted by atomic mass is 10.0. The van der Waals surface area contributed by atoms with Crippen LogP contribution in [-0.2, 0) is 27.9 Å². The third kappa shape index (κ3) is 52.6. The Morgan fingerprint density at radius 1 is 0.486 bits per heavy atom. The molecule has 0 aromatic rings. The third-order valence-corrected chi connectivity index (χ3v) is 14.2. The van der Waals surface area contributed by atoms with Crippen molar-refractivity contribution < 1.29 is 37.3 Å². The van der Waals surface area contributed by atoms with Gasteiger partial charge in [-0.15, -0.1) is 0 Å². The van der Waals surface area contributed by atoms with Gasteiger partial charge in [0.2, 0.25) is 5.91 Å². The van der Waals surface area contributed by atoms with Gasteiger partial charge >= 0.3 is 13.8 Å². The summed E-state index contributed by atoms with van der Waals surface area (Å²) in [6, 6.07) is -0.858. The summed E-state index contributed by atoms with van der Waals surface area (Å²) in [6.07, 6.45) is 65.0. The first-order chi connectivity index (χ1) is 34.9. The van der Waals surface area contributed by atoms with Gasteiger partial charge in [-0.3, -0.25) is 18.6 Å². The van der Waals surface area contributed by atoms with Crippen LogP contribution < -0.4 is 5.32 Å². The van der Waals surface area contributed by atoms with Crippen molar-refractivity contribution in [2.45, 2.75) is 283 Å². The number of rotatable bonds is 54. The lowest BCUT2D eigenvalue weighted by Crippen LogP contribution is -2.47. The van der Waals surface area contributed by atoms with Crippen LogP contribution in [-0.4, -0.2) is 74.3 Å². The summed E-state index contributed by atoms with van der Waals surface area (Å²) in [5.74, 6) is -0.530. The Hall–Kier alpha value is -2.29. The molecule has 0 aliphatic carbocycles. The van der Waals surface area contributed by atoms with E-state index in [2.05, 4.69) is 74.7 Å². The number of quaternary nitrogens is 1. The number of hydrogen-bond donors (Lipinski definition) is 2. The van der Waals surface area contributed by atoms with Gasteiger partial charge in [-0.1, -0.05) is 223 Å². The van der Waals surface area contributed by atoms with Crippen LogP contribution in [0.2, 0.25) is 0 Å². The summed E-state index contributed by atoms with van der Waals surface area (Å²) < 4.78 is 30.6. The Labute approximate surface area is 445 Å². The van der Waals surface area contributed by atoms with Crippen molar-refractivity contribution in [2.24, 2.45) is 0 Å². The van der Waals surface area contributed by atoms with Gasteiger partial charge in [0.05, 0.1) is 33.8 Å². The van der Waals surface area contributed by atoms with E-state index in [0.717, 1.165) is 89.9 Å². The van der Waals surface area contributed by atoms with Crippen LogP contribution in [0.5, 0.6) is 0 Å². The zero-order valence-electron chi connectivity index (χ0n) is 47.9. The topological polar surface area (TPSA) is 111 Å². The van der Waals surface area contributed by atoms with E-state index in [4.69, 9.17) is 13.8 Å². The van der Waals surface area contributed by atoms with Crippen molar-refractivity contribution >= 4 is 19.7 Å². The van der Waals surface area contributed by atoms with E-state index < -0.39 is 20.0 Å². The zero-order chi connectivity index (χ0) is 52.9. The number of nitrogens with zero attached hydrogens (tertiary/aromatic N) is 1. The highest BCUT2D eigenvalue weighted by Gasteiger charge is 2.30. The molecule has 72 heavy (non-hydrogen) atoms. The molecule has 1 amide bonds. The molecule has 0 saturated heterocycles. The van der Waals surface area contributed by atoms with E-state index in [1.165, 1.54) is 141 Å². The molecule has 0 fully saturated rings. The maximum atomic E-state index is 13.5. The molecule has 9 nitrogen and oxygen atoms in total. The van der Waals surface area contributed by atoms with Crippen molar-refractivity contribution in [1.29, 1.82) is 0 Å². The third-order valence-electron chi connectivity index (χ3n) is 13.2. The highest BCUT2D eigenvalue weighted by Crippen LogP contribution is 2.43.